The van der Waals surface area contributed by atoms with E-state index < -0.39 is 16.0 Å². The van der Waals surface area contributed by atoms with Crippen LogP contribution in [0.3, 0.4) is 0 Å². The van der Waals surface area contributed by atoms with Gasteiger partial charge < -0.3 is 9.84 Å². The number of anilines is 1. The van der Waals surface area contributed by atoms with Gasteiger partial charge in [0.1, 0.15) is 0 Å². The Bertz CT molecular complexity index is 802. The van der Waals surface area contributed by atoms with Gasteiger partial charge in [-0.05, 0) is 31.2 Å². The summed E-state index contributed by atoms with van der Waals surface area (Å²) in [4.78, 5) is 10.9. The van der Waals surface area contributed by atoms with E-state index in [0.717, 1.165) is 6.07 Å². The highest BCUT2D eigenvalue weighted by Crippen LogP contribution is 2.21. The van der Waals surface area contributed by atoms with Crippen LogP contribution in [0.2, 0.25) is 0 Å². The van der Waals surface area contributed by atoms with Crippen LogP contribution < -0.4 is 4.72 Å². The summed E-state index contributed by atoms with van der Waals surface area (Å²) in [6.07, 6.45) is 0. The minimum atomic E-state index is -3.89. The number of nitrogens with one attached hydrogen (secondary N) is 1. The first-order valence-electron chi connectivity index (χ1n) is 6.96. The van der Waals surface area contributed by atoms with E-state index in [1.165, 1.54) is 18.2 Å². The van der Waals surface area contributed by atoms with E-state index >= 15 is 0 Å². The molecule has 0 saturated heterocycles. The van der Waals surface area contributed by atoms with Gasteiger partial charge in [-0.15, -0.1) is 0 Å². The summed E-state index contributed by atoms with van der Waals surface area (Å²) in [5.41, 5.74) is 1.02. The fourth-order valence-corrected chi connectivity index (χ4v) is 3.10. The summed E-state index contributed by atoms with van der Waals surface area (Å²) in [6, 6.07) is 12.1. The minimum absolute atomic E-state index is 0.0875. The molecule has 7 heteroatoms. The topological polar surface area (TPSA) is 92.7 Å². The molecule has 6 nitrogen and oxygen atoms in total. The van der Waals surface area contributed by atoms with Crippen LogP contribution in [0, 0.1) is 0 Å². The first kappa shape index (κ1) is 17.0. The van der Waals surface area contributed by atoms with Gasteiger partial charge >= 0.3 is 5.97 Å². The maximum Gasteiger partial charge on any atom is 0.335 e. The lowest BCUT2D eigenvalue weighted by Crippen LogP contribution is -2.15. The molecule has 0 atom stereocenters. The number of carboxylic acid groups (broad SMARTS) is 1. The van der Waals surface area contributed by atoms with Crippen LogP contribution in [0.5, 0.6) is 0 Å². The molecule has 2 rings (SSSR count). The largest absolute Gasteiger partial charge is 0.478 e. The highest BCUT2D eigenvalue weighted by molar-refractivity contribution is 7.92. The van der Waals surface area contributed by atoms with Crippen molar-refractivity contribution in [1.82, 2.24) is 0 Å². The Hall–Kier alpha value is -2.38. The number of ether oxygens (including phenoxy) is 1. The third kappa shape index (κ3) is 4.30. The lowest BCUT2D eigenvalue weighted by Gasteiger charge is -2.13. The smallest absolute Gasteiger partial charge is 0.335 e. The molecule has 23 heavy (non-hydrogen) atoms. The van der Waals surface area contributed by atoms with Crippen LogP contribution in [0.4, 0.5) is 5.69 Å². The number of carboxylic acids is 1. The average molecular weight is 335 g/mol. The van der Waals surface area contributed by atoms with Gasteiger partial charge in [-0.2, -0.15) is 0 Å². The maximum absolute atomic E-state index is 12.5. The van der Waals surface area contributed by atoms with E-state index in [-0.39, 0.29) is 17.1 Å². The van der Waals surface area contributed by atoms with Crippen molar-refractivity contribution >= 4 is 21.7 Å². The molecule has 0 bridgehead atoms. The molecular weight excluding hydrogens is 318 g/mol. The molecule has 0 heterocycles. The standard InChI is InChI=1S/C16H17NO5S/c1-2-22-11-13-6-3-4-9-15(13)17-23(20,21)14-8-5-7-12(10-14)16(18)19/h3-10,17H,2,11H2,1H3,(H,18,19). The molecule has 2 aromatic rings. The molecule has 0 aliphatic rings. The van der Waals surface area contributed by atoms with Gasteiger partial charge in [-0.1, -0.05) is 24.3 Å². The molecule has 2 aromatic carbocycles. The van der Waals surface area contributed by atoms with E-state index in [1.54, 1.807) is 24.3 Å². The molecule has 122 valence electrons. The lowest BCUT2D eigenvalue weighted by atomic mass is 10.2. The van der Waals surface area contributed by atoms with Crippen LogP contribution in [0.25, 0.3) is 0 Å². The fourth-order valence-electron chi connectivity index (χ4n) is 1.96. The van der Waals surface area contributed by atoms with Crippen LogP contribution >= 0.6 is 0 Å². The Morgan fingerprint density at radius 2 is 1.91 bits per heavy atom. The van der Waals surface area contributed by atoms with E-state index in [0.29, 0.717) is 17.9 Å². The molecule has 0 aliphatic carbocycles. The van der Waals surface area contributed by atoms with Crippen LogP contribution in [0.1, 0.15) is 22.8 Å². The molecule has 0 unspecified atom stereocenters. The number of hydrogen-bond acceptors (Lipinski definition) is 4. The third-order valence-corrected chi connectivity index (χ3v) is 4.48. The van der Waals surface area contributed by atoms with Crippen molar-refractivity contribution in [3.8, 4) is 0 Å². The summed E-state index contributed by atoms with van der Waals surface area (Å²) < 4.78 is 32.7. The molecule has 0 fully saturated rings. The first-order chi connectivity index (χ1) is 10.9. The lowest BCUT2D eigenvalue weighted by molar-refractivity contribution is 0.0696. The van der Waals surface area contributed by atoms with Gasteiger partial charge in [-0.3, -0.25) is 4.72 Å². The maximum atomic E-state index is 12.5. The molecule has 0 radical (unpaired) electrons. The van der Waals surface area contributed by atoms with Crippen molar-refractivity contribution in [3.05, 3.63) is 59.7 Å². The zero-order valence-electron chi connectivity index (χ0n) is 12.5. The highest BCUT2D eigenvalue weighted by Gasteiger charge is 2.17. The van der Waals surface area contributed by atoms with Crippen LogP contribution in [0.15, 0.2) is 53.4 Å². The van der Waals surface area contributed by atoms with Crippen molar-refractivity contribution in [1.29, 1.82) is 0 Å². The van der Waals surface area contributed by atoms with Gasteiger partial charge in [0.15, 0.2) is 0 Å². The highest BCUT2D eigenvalue weighted by atomic mass is 32.2. The van der Waals surface area contributed by atoms with Gasteiger partial charge in [0, 0.05) is 12.2 Å². The predicted octanol–water partition coefficient (Wildman–Crippen LogP) is 2.72. The summed E-state index contributed by atoms with van der Waals surface area (Å²) >= 11 is 0. The van der Waals surface area contributed by atoms with Crippen LogP contribution in [-0.2, 0) is 21.4 Å². The number of aromatic carboxylic acids is 1. The Kier molecular flexibility index (Phi) is 5.36. The predicted molar refractivity (Wildman–Crippen MR) is 86.0 cm³/mol. The minimum Gasteiger partial charge on any atom is -0.478 e. The number of benzene rings is 2. The summed E-state index contributed by atoms with van der Waals surface area (Å²) in [7, 11) is -3.89. The molecule has 0 spiro atoms. The number of rotatable bonds is 7. The number of para-hydroxylation sites is 1. The van der Waals surface area contributed by atoms with Gasteiger partial charge in [0.25, 0.3) is 10.0 Å². The molecule has 2 N–H and O–H groups in total. The summed E-state index contributed by atoms with van der Waals surface area (Å²) in [5, 5.41) is 8.97. The van der Waals surface area contributed by atoms with E-state index in [9.17, 15) is 13.2 Å². The van der Waals surface area contributed by atoms with Crippen molar-refractivity contribution in [2.24, 2.45) is 0 Å². The number of carbonyl (C=O) groups is 1. The molecule has 0 amide bonds. The zero-order chi connectivity index (χ0) is 16.9. The number of sulfonamides is 1. The Balaban J connectivity index is 2.32. The van der Waals surface area contributed by atoms with E-state index in [4.69, 9.17) is 9.84 Å². The molecular formula is C16H17NO5S. The summed E-state index contributed by atoms with van der Waals surface area (Å²) in [5.74, 6) is -1.18. The monoisotopic (exact) mass is 335 g/mol. The third-order valence-electron chi connectivity index (χ3n) is 3.11. The van der Waals surface area contributed by atoms with E-state index in [2.05, 4.69) is 4.72 Å². The number of hydrogen-bond donors (Lipinski definition) is 2. The Labute approximate surface area is 134 Å². The van der Waals surface area contributed by atoms with Crippen molar-refractivity contribution in [2.45, 2.75) is 18.4 Å². The molecule has 0 saturated carbocycles. The SMILES string of the molecule is CCOCc1ccccc1NS(=O)(=O)c1cccc(C(=O)O)c1. The quantitative estimate of drug-likeness (QED) is 0.811. The Morgan fingerprint density at radius 1 is 1.17 bits per heavy atom. The van der Waals surface area contributed by atoms with Crippen molar-refractivity contribution in [2.75, 3.05) is 11.3 Å². The van der Waals surface area contributed by atoms with Gasteiger partial charge in [-0.25, -0.2) is 13.2 Å². The van der Waals surface area contributed by atoms with Crippen molar-refractivity contribution in [3.63, 3.8) is 0 Å². The fraction of sp³-hybridized carbons (Fsp3) is 0.188. The van der Waals surface area contributed by atoms with Gasteiger partial charge in [0.2, 0.25) is 0 Å². The average Bonchev–Trinajstić information content (AvgIpc) is 2.54. The Morgan fingerprint density at radius 3 is 2.61 bits per heavy atom. The molecule has 0 aromatic heterocycles. The second kappa shape index (κ2) is 7.26. The first-order valence-corrected chi connectivity index (χ1v) is 8.44. The van der Waals surface area contributed by atoms with Gasteiger partial charge in [0.05, 0.1) is 22.8 Å². The summed E-state index contributed by atoms with van der Waals surface area (Å²) in [6.45, 7) is 2.65. The molecule has 0 aliphatic heterocycles. The second-order valence-corrected chi connectivity index (χ2v) is 6.42. The van der Waals surface area contributed by atoms with E-state index in [1.807, 2.05) is 6.92 Å². The zero-order valence-corrected chi connectivity index (χ0v) is 13.3. The van der Waals surface area contributed by atoms with Crippen molar-refractivity contribution < 1.29 is 23.1 Å². The normalized spacial score (nSPS) is 11.2. The van der Waals surface area contributed by atoms with Crippen LogP contribution in [-0.4, -0.2) is 26.1 Å². The second-order valence-electron chi connectivity index (χ2n) is 4.73.